The number of likely N-dealkylation sites (tertiary alicyclic amines) is 1. The first-order valence-corrected chi connectivity index (χ1v) is 9.55. The fourth-order valence-electron chi connectivity index (χ4n) is 3.99. The molecule has 4 rings (SSSR count). The number of nitrogens with one attached hydrogen (secondary N) is 2. The third-order valence-corrected chi connectivity index (χ3v) is 5.32. The molecule has 0 bridgehead atoms. The molecule has 2 aromatic heterocycles. The highest BCUT2D eigenvalue weighted by molar-refractivity contribution is 5.74. The smallest absolute Gasteiger partial charge is 0.328 e. The summed E-state index contributed by atoms with van der Waals surface area (Å²) in [6.07, 6.45) is 3.24. The monoisotopic (exact) mass is 367 g/mol. The van der Waals surface area contributed by atoms with Gasteiger partial charge in [0.1, 0.15) is 5.82 Å². The van der Waals surface area contributed by atoms with E-state index in [4.69, 9.17) is 4.98 Å². The number of nitrogens with zero attached hydrogens (tertiary/aromatic N) is 3. The van der Waals surface area contributed by atoms with Crippen molar-refractivity contribution < 1.29 is 0 Å². The van der Waals surface area contributed by atoms with Gasteiger partial charge in [-0.1, -0.05) is 12.1 Å². The van der Waals surface area contributed by atoms with Gasteiger partial charge in [0.2, 0.25) is 0 Å². The molecule has 0 amide bonds. The Morgan fingerprint density at radius 3 is 2.85 bits per heavy atom. The van der Waals surface area contributed by atoms with E-state index < -0.39 is 0 Å². The van der Waals surface area contributed by atoms with Gasteiger partial charge in [-0.05, 0) is 44.4 Å². The van der Waals surface area contributed by atoms with E-state index in [-0.39, 0.29) is 11.2 Å². The molecule has 0 radical (unpaired) electrons. The number of benzene rings is 1. The number of aromatic amines is 2. The Morgan fingerprint density at radius 1 is 1.19 bits per heavy atom. The first-order valence-electron chi connectivity index (χ1n) is 9.55. The van der Waals surface area contributed by atoms with Crippen LogP contribution in [0.25, 0.3) is 11.0 Å². The second-order valence-electron chi connectivity index (χ2n) is 7.46. The van der Waals surface area contributed by atoms with E-state index in [0.29, 0.717) is 24.7 Å². The number of hydrogen-bond acceptors (Lipinski definition) is 4. The Bertz CT molecular complexity index is 984. The molecule has 27 heavy (non-hydrogen) atoms. The first-order chi connectivity index (χ1) is 13.1. The maximum Gasteiger partial charge on any atom is 0.328 e. The highest BCUT2D eigenvalue weighted by Crippen LogP contribution is 2.21. The van der Waals surface area contributed by atoms with Crippen LogP contribution < -0.4 is 11.2 Å². The summed E-state index contributed by atoms with van der Waals surface area (Å²) in [4.78, 5) is 37.2. The lowest BCUT2D eigenvalue weighted by molar-refractivity contribution is 0.166. The van der Waals surface area contributed by atoms with Crippen molar-refractivity contribution in [1.29, 1.82) is 0 Å². The molecule has 1 aromatic carbocycles. The molecule has 142 valence electrons. The van der Waals surface area contributed by atoms with Crippen molar-refractivity contribution in [2.24, 2.45) is 5.92 Å². The average molecular weight is 367 g/mol. The zero-order valence-corrected chi connectivity index (χ0v) is 15.6. The molecule has 1 unspecified atom stereocenters. The SMILES string of the molecule is Cc1cc(=O)n(CCN2CCCC(Cc3nc4ccccc4[nH]3)C2)c(=O)[nH]1. The van der Waals surface area contributed by atoms with Gasteiger partial charge in [0.25, 0.3) is 5.56 Å². The number of piperidine rings is 1. The molecule has 1 atom stereocenters. The molecule has 2 N–H and O–H groups in total. The van der Waals surface area contributed by atoms with Gasteiger partial charge < -0.3 is 14.9 Å². The molecular weight excluding hydrogens is 342 g/mol. The van der Waals surface area contributed by atoms with Gasteiger partial charge >= 0.3 is 5.69 Å². The van der Waals surface area contributed by atoms with Gasteiger partial charge in [0.05, 0.1) is 11.0 Å². The Kier molecular flexibility index (Phi) is 4.94. The van der Waals surface area contributed by atoms with Crippen LogP contribution >= 0.6 is 0 Å². The molecular formula is C20H25N5O2. The van der Waals surface area contributed by atoms with Crippen LogP contribution in [-0.4, -0.2) is 44.1 Å². The number of imidazole rings is 1. The number of para-hydroxylation sites is 2. The van der Waals surface area contributed by atoms with Crippen molar-refractivity contribution in [1.82, 2.24) is 24.4 Å². The van der Waals surface area contributed by atoms with Gasteiger partial charge in [-0.25, -0.2) is 9.78 Å². The molecule has 3 aromatic rings. The minimum Gasteiger partial charge on any atom is -0.342 e. The largest absolute Gasteiger partial charge is 0.342 e. The molecule has 3 heterocycles. The van der Waals surface area contributed by atoms with Crippen molar-refractivity contribution in [3.63, 3.8) is 0 Å². The Hall–Kier alpha value is -2.67. The summed E-state index contributed by atoms with van der Waals surface area (Å²) in [6.45, 7) is 4.83. The van der Waals surface area contributed by atoms with E-state index in [0.717, 1.165) is 42.8 Å². The third-order valence-electron chi connectivity index (χ3n) is 5.32. The van der Waals surface area contributed by atoms with Crippen LogP contribution in [0.3, 0.4) is 0 Å². The molecule has 1 aliphatic heterocycles. The lowest BCUT2D eigenvalue weighted by atomic mass is 9.94. The summed E-state index contributed by atoms with van der Waals surface area (Å²) in [5.41, 5.74) is 2.14. The standard InChI is InChI=1S/C20H25N5O2/c1-14-11-19(26)25(20(27)21-14)10-9-24-8-4-5-15(13-24)12-18-22-16-6-2-3-7-17(16)23-18/h2-3,6-7,11,15H,4-5,8-10,12-13H2,1H3,(H,21,27)(H,22,23). The minimum absolute atomic E-state index is 0.230. The van der Waals surface area contributed by atoms with Crippen LogP contribution in [0.15, 0.2) is 39.9 Å². The highest BCUT2D eigenvalue weighted by Gasteiger charge is 2.21. The molecule has 0 saturated carbocycles. The maximum atomic E-state index is 12.0. The van der Waals surface area contributed by atoms with Crippen LogP contribution in [-0.2, 0) is 13.0 Å². The average Bonchev–Trinajstić information content (AvgIpc) is 3.03. The lowest BCUT2D eigenvalue weighted by Gasteiger charge is -2.32. The van der Waals surface area contributed by atoms with Crippen LogP contribution in [0.4, 0.5) is 0 Å². The molecule has 7 nitrogen and oxygen atoms in total. The predicted molar refractivity (Wildman–Crippen MR) is 105 cm³/mol. The summed E-state index contributed by atoms with van der Waals surface area (Å²) < 4.78 is 1.29. The molecule has 1 aliphatic rings. The van der Waals surface area contributed by atoms with Crippen molar-refractivity contribution in [3.8, 4) is 0 Å². The number of aryl methyl sites for hydroxylation is 1. The Balaban J connectivity index is 1.38. The minimum atomic E-state index is -0.323. The zero-order chi connectivity index (χ0) is 18.8. The van der Waals surface area contributed by atoms with Gasteiger partial charge in [-0.3, -0.25) is 9.36 Å². The van der Waals surface area contributed by atoms with Gasteiger partial charge in [-0.2, -0.15) is 0 Å². The summed E-state index contributed by atoms with van der Waals surface area (Å²) in [5.74, 6) is 1.57. The van der Waals surface area contributed by atoms with Gasteiger partial charge in [0.15, 0.2) is 0 Å². The number of rotatable bonds is 5. The third kappa shape index (κ3) is 4.03. The fourth-order valence-corrected chi connectivity index (χ4v) is 3.99. The normalized spacial score (nSPS) is 18.2. The van der Waals surface area contributed by atoms with E-state index >= 15 is 0 Å². The van der Waals surface area contributed by atoms with Crippen molar-refractivity contribution >= 4 is 11.0 Å². The maximum absolute atomic E-state index is 12.0. The van der Waals surface area contributed by atoms with Crippen LogP contribution in [0.2, 0.25) is 0 Å². The van der Waals surface area contributed by atoms with Gasteiger partial charge in [0, 0.05) is 37.8 Å². The van der Waals surface area contributed by atoms with Crippen LogP contribution in [0.5, 0.6) is 0 Å². The molecule has 0 aliphatic carbocycles. The summed E-state index contributed by atoms with van der Waals surface area (Å²) >= 11 is 0. The summed E-state index contributed by atoms with van der Waals surface area (Å²) in [5, 5.41) is 0. The van der Waals surface area contributed by atoms with E-state index in [1.807, 2.05) is 18.2 Å². The topological polar surface area (TPSA) is 86.8 Å². The van der Waals surface area contributed by atoms with Crippen molar-refractivity contribution in [3.05, 3.63) is 62.7 Å². The van der Waals surface area contributed by atoms with E-state index in [1.165, 1.54) is 17.1 Å². The first kappa shape index (κ1) is 17.7. The summed E-state index contributed by atoms with van der Waals surface area (Å²) in [6, 6.07) is 9.57. The fraction of sp³-hybridized carbons (Fsp3) is 0.450. The zero-order valence-electron chi connectivity index (χ0n) is 15.6. The number of fused-ring (bicyclic) bond motifs is 1. The van der Waals surface area contributed by atoms with Crippen molar-refractivity contribution in [2.75, 3.05) is 19.6 Å². The predicted octanol–water partition coefficient (Wildman–Crippen LogP) is 1.68. The number of hydrogen-bond donors (Lipinski definition) is 2. The van der Waals surface area contributed by atoms with Gasteiger partial charge in [-0.15, -0.1) is 0 Å². The lowest BCUT2D eigenvalue weighted by Crippen LogP contribution is -2.42. The van der Waals surface area contributed by atoms with E-state index in [9.17, 15) is 9.59 Å². The molecule has 0 spiro atoms. The molecule has 7 heteroatoms. The molecule has 1 fully saturated rings. The van der Waals surface area contributed by atoms with E-state index in [2.05, 4.69) is 20.9 Å². The van der Waals surface area contributed by atoms with Crippen molar-refractivity contribution in [2.45, 2.75) is 32.7 Å². The van der Waals surface area contributed by atoms with Crippen LogP contribution in [0, 0.1) is 12.8 Å². The highest BCUT2D eigenvalue weighted by atomic mass is 16.2. The second kappa shape index (κ2) is 7.52. The number of H-pyrrole nitrogens is 2. The van der Waals surface area contributed by atoms with Crippen LogP contribution in [0.1, 0.15) is 24.4 Å². The second-order valence-corrected chi connectivity index (χ2v) is 7.46. The molecule has 1 saturated heterocycles. The number of aromatic nitrogens is 4. The van der Waals surface area contributed by atoms with E-state index in [1.54, 1.807) is 6.92 Å². The quantitative estimate of drug-likeness (QED) is 0.718. The summed E-state index contributed by atoms with van der Waals surface area (Å²) in [7, 11) is 0. The Morgan fingerprint density at radius 2 is 2.04 bits per heavy atom. The Labute approximate surface area is 157 Å².